The molecule has 0 aliphatic rings. The molecule has 0 aliphatic carbocycles. The molecule has 0 heterocycles. The summed E-state index contributed by atoms with van der Waals surface area (Å²) >= 11 is 0. The third-order valence-electron chi connectivity index (χ3n) is 3.68. The first kappa shape index (κ1) is 18.2. The molecule has 0 bridgehead atoms. The van der Waals surface area contributed by atoms with Gasteiger partial charge in [0.15, 0.2) is 0 Å². The van der Waals surface area contributed by atoms with E-state index in [9.17, 15) is 9.59 Å². The van der Waals surface area contributed by atoms with Crippen LogP contribution in [-0.4, -0.2) is 22.5 Å². The van der Waals surface area contributed by atoms with Crippen molar-refractivity contribution in [2.45, 2.75) is 64.8 Å². The van der Waals surface area contributed by atoms with Gasteiger partial charge < -0.3 is 10.4 Å². The topological polar surface area (TPSA) is 66.4 Å². The lowest BCUT2D eigenvalue weighted by Gasteiger charge is -2.21. The molecule has 0 fully saturated rings. The number of hydrogen-bond donors (Lipinski definition) is 2. The monoisotopic (exact) mass is 305 g/mol. The highest BCUT2D eigenvalue weighted by molar-refractivity contribution is 5.86. The predicted octanol–water partition coefficient (Wildman–Crippen LogP) is 3.29. The van der Waals surface area contributed by atoms with Crippen molar-refractivity contribution in [2.24, 2.45) is 0 Å². The summed E-state index contributed by atoms with van der Waals surface area (Å²) in [5, 5.41) is 11.5. The van der Waals surface area contributed by atoms with Crippen LogP contribution < -0.4 is 5.32 Å². The molecule has 0 radical (unpaired) electrons. The van der Waals surface area contributed by atoms with Crippen LogP contribution >= 0.6 is 0 Å². The molecule has 2 N–H and O–H groups in total. The molecule has 1 aromatic carbocycles. The number of carbonyl (C=O) groups excluding carboxylic acids is 1. The summed E-state index contributed by atoms with van der Waals surface area (Å²) in [5.74, 6) is -1.25. The molecular weight excluding hydrogens is 278 g/mol. The van der Waals surface area contributed by atoms with Crippen molar-refractivity contribution in [3.05, 3.63) is 35.4 Å². The molecule has 0 unspecified atom stereocenters. The van der Waals surface area contributed by atoms with Crippen LogP contribution in [0.25, 0.3) is 0 Å². The lowest BCUT2D eigenvalue weighted by Crippen LogP contribution is -2.49. The highest BCUT2D eigenvalue weighted by Crippen LogP contribution is 2.22. The molecule has 4 heteroatoms. The van der Waals surface area contributed by atoms with E-state index < -0.39 is 11.5 Å². The molecule has 4 nitrogen and oxygen atoms in total. The summed E-state index contributed by atoms with van der Waals surface area (Å²) in [7, 11) is 0. The minimum atomic E-state index is -1.22. The molecular formula is C18H27NO3. The van der Waals surface area contributed by atoms with Gasteiger partial charge in [0.25, 0.3) is 0 Å². The summed E-state index contributed by atoms with van der Waals surface area (Å²) in [4.78, 5) is 22.7. The molecule has 0 aliphatic heterocycles. The smallest absolute Gasteiger partial charge is 0.328 e. The quantitative estimate of drug-likeness (QED) is 0.847. The summed E-state index contributed by atoms with van der Waals surface area (Å²) in [6.07, 6.45) is 1.85. The van der Waals surface area contributed by atoms with Crippen LogP contribution in [-0.2, 0) is 21.4 Å². The Bertz CT molecular complexity index is 524. The van der Waals surface area contributed by atoms with Crippen molar-refractivity contribution < 1.29 is 14.7 Å². The third-order valence-corrected chi connectivity index (χ3v) is 3.68. The minimum absolute atomic E-state index is 0.140. The molecule has 0 saturated carbocycles. The minimum Gasteiger partial charge on any atom is -0.480 e. The zero-order valence-corrected chi connectivity index (χ0v) is 14.2. The Morgan fingerprint density at radius 3 is 2.05 bits per heavy atom. The number of aliphatic carboxylic acids is 1. The number of nitrogens with one attached hydrogen (secondary N) is 1. The third kappa shape index (κ3) is 5.51. The van der Waals surface area contributed by atoms with Gasteiger partial charge in [0.05, 0.1) is 0 Å². The van der Waals surface area contributed by atoms with Crippen molar-refractivity contribution in [1.29, 1.82) is 0 Å². The zero-order chi connectivity index (χ0) is 17.0. The highest BCUT2D eigenvalue weighted by atomic mass is 16.4. The highest BCUT2D eigenvalue weighted by Gasteiger charge is 2.28. The van der Waals surface area contributed by atoms with E-state index in [4.69, 9.17) is 5.11 Å². The van der Waals surface area contributed by atoms with E-state index in [1.807, 2.05) is 0 Å². The lowest BCUT2D eigenvalue weighted by molar-refractivity contribution is -0.146. The number of rotatable bonds is 6. The predicted molar refractivity (Wildman–Crippen MR) is 87.9 cm³/mol. The van der Waals surface area contributed by atoms with E-state index in [2.05, 4.69) is 50.4 Å². The Labute approximate surface area is 132 Å². The van der Waals surface area contributed by atoms with Crippen LogP contribution in [0.5, 0.6) is 0 Å². The Balaban J connectivity index is 2.45. The molecule has 122 valence electrons. The maximum absolute atomic E-state index is 11.8. The molecule has 1 amide bonds. The Hall–Kier alpha value is -1.84. The maximum Gasteiger partial charge on any atom is 0.328 e. The molecule has 0 atom stereocenters. The lowest BCUT2D eigenvalue weighted by atomic mass is 9.86. The van der Waals surface area contributed by atoms with Gasteiger partial charge >= 0.3 is 5.97 Å². The fourth-order valence-electron chi connectivity index (χ4n) is 2.09. The number of carboxylic acids is 1. The average molecular weight is 305 g/mol. The maximum atomic E-state index is 11.8. The van der Waals surface area contributed by atoms with Crippen molar-refractivity contribution in [2.75, 3.05) is 0 Å². The fourth-order valence-corrected chi connectivity index (χ4v) is 2.09. The Morgan fingerprint density at radius 2 is 1.59 bits per heavy atom. The first-order valence-electron chi connectivity index (χ1n) is 7.66. The van der Waals surface area contributed by atoms with Crippen LogP contribution in [0.15, 0.2) is 24.3 Å². The summed E-state index contributed by atoms with van der Waals surface area (Å²) < 4.78 is 0. The van der Waals surface area contributed by atoms with E-state index in [1.165, 1.54) is 25.0 Å². The standard InChI is InChI=1S/C18H27NO3/c1-17(2,3)14-11-9-13(10-12-14)7-6-8-15(20)19-18(4,5)16(21)22/h9-12H,6-8H2,1-5H3,(H,19,20)(H,21,22). The molecule has 1 rings (SSSR count). The van der Waals surface area contributed by atoms with Gasteiger partial charge in [-0.3, -0.25) is 4.79 Å². The van der Waals surface area contributed by atoms with Gasteiger partial charge in [-0.2, -0.15) is 0 Å². The van der Waals surface area contributed by atoms with Crippen molar-refractivity contribution in [3.8, 4) is 0 Å². The fraction of sp³-hybridized carbons (Fsp3) is 0.556. The van der Waals surface area contributed by atoms with Gasteiger partial charge in [-0.1, -0.05) is 45.0 Å². The number of aryl methyl sites for hydroxylation is 1. The second-order valence-corrected chi connectivity index (χ2v) is 7.28. The number of carbonyl (C=O) groups is 2. The van der Waals surface area contributed by atoms with E-state index >= 15 is 0 Å². The SMILES string of the molecule is CC(C)(NC(=O)CCCc1ccc(C(C)(C)C)cc1)C(=O)O. The normalized spacial score (nSPS) is 12.0. The van der Waals surface area contributed by atoms with Crippen LogP contribution in [0.3, 0.4) is 0 Å². The van der Waals surface area contributed by atoms with Gasteiger partial charge in [0.2, 0.25) is 5.91 Å². The number of amides is 1. The van der Waals surface area contributed by atoms with Crippen molar-refractivity contribution >= 4 is 11.9 Å². The summed E-state index contributed by atoms with van der Waals surface area (Å²) in [6.45, 7) is 9.50. The molecule has 22 heavy (non-hydrogen) atoms. The first-order valence-corrected chi connectivity index (χ1v) is 7.66. The van der Waals surface area contributed by atoms with Crippen LogP contribution in [0.4, 0.5) is 0 Å². The molecule has 0 aromatic heterocycles. The number of benzene rings is 1. The van der Waals surface area contributed by atoms with Gasteiger partial charge in [-0.05, 0) is 43.2 Å². The second-order valence-electron chi connectivity index (χ2n) is 7.28. The van der Waals surface area contributed by atoms with Crippen LogP contribution in [0, 0.1) is 0 Å². The van der Waals surface area contributed by atoms with Gasteiger partial charge in [-0.25, -0.2) is 4.79 Å². The molecule has 0 saturated heterocycles. The Morgan fingerprint density at radius 1 is 1.05 bits per heavy atom. The van der Waals surface area contributed by atoms with Gasteiger partial charge in [-0.15, -0.1) is 0 Å². The van der Waals surface area contributed by atoms with E-state index in [0.717, 1.165) is 6.42 Å². The number of hydrogen-bond acceptors (Lipinski definition) is 2. The summed E-state index contributed by atoms with van der Waals surface area (Å²) in [5.41, 5.74) is 1.40. The van der Waals surface area contributed by atoms with E-state index in [-0.39, 0.29) is 11.3 Å². The first-order chi connectivity index (χ1) is 10.0. The molecule has 1 aromatic rings. The second kappa shape index (κ2) is 6.95. The van der Waals surface area contributed by atoms with E-state index in [0.29, 0.717) is 12.8 Å². The van der Waals surface area contributed by atoms with Crippen molar-refractivity contribution in [1.82, 2.24) is 5.32 Å². The zero-order valence-electron chi connectivity index (χ0n) is 14.2. The Kier molecular flexibility index (Phi) is 5.75. The summed E-state index contributed by atoms with van der Waals surface area (Å²) in [6, 6.07) is 8.45. The van der Waals surface area contributed by atoms with Crippen molar-refractivity contribution in [3.63, 3.8) is 0 Å². The average Bonchev–Trinajstić information content (AvgIpc) is 2.37. The van der Waals surface area contributed by atoms with Crippen LogP contribution in [0.2, 0.25) is 0 Å². The number of carboxylic acid groups (broad SMARTS) is 1. The molecule has 0 spiro atoms. The van der Waals surface area contributed by atoms with E-state index in [1.54, 1.807) is 0 Å². The van der Waals surface area contributed by atoms with Crippen LogP contribution in [0.1, 0.15) is 58.6 Å². The largest absolute Gasteiger partial charge is 0.480 e. The van der Waals surface area contributed by atoms with Gasteiger partial charge in [0.1, 0.15) is 5.54 Å². The van der Waals surface area contributed by atoms with Gasteiger partial charge in [0, 0.05) is 6.42 Å².